The molecule has 0 heterocycles. The van der Waals surface area contributed by atoms with Gasteiger partial charge in [-0.2, -0.15) is 0 Å². The number of rotatable bonds is 3. The third-order valence-electron chi connectivity index (χ3n) is 1.26. The van der Waals surface area contributed by atoms with Gasteiger partial charge in [0.1, 0.15) is 0 Å². The second-order valence-corrected chi connectivity index (χ2v) is 2.20. The predicted molar refractivity (Wildman–Crippen MR) is 42.4 cm³/mol. The van der Waals surface area contributed by atoms with Crippen molar-refractivity contribution >= 4 is 0 Å². The minimum atomic E-state index is 0.334. The molecule has 0 aromatic heterocycles. The van der Waals surface area contributed by atoms with Crippen LogP contribution in [0, 0.1) is 5.21 Å². The molecule has 3 heteroatoms. The summed E-state index contributed by atoms with van der Waals surface area (Å²) < 4.78 is 0. The number of hydroxylamine groups is 2. The molecule has 0 aliphatic carbocycles. The molecule has 0 aliphatic rings. The molecule has 0 fully saturated rings. The molecule has 3 nitrogen and oxygen atoms in total. The van der Waals surface area contributed by atoms with Gasteiger partial charge in [-0.3, -0.25) is 5.23 Å². The zero-order valence-corrected chi connectivity index (χ0v) is 6.36. The van der Waals surface area contributed by atoms with Gasteiger partial charge in [0.25, 0.3) is 0 Å². The summed E-state index contributed by atoms with van der Waals surface area (Å²) in [6.45, 7) is 0.334. The topological polar surface area (TPSA) is 35.5 Å². The lowest BCUT2D eigenvalue weighted by Gasteiger charge is -2.20. The zero-order valence-electron chi connectivity index (χ0n) is 6.36. The molecule has 11 heavy (non-hydrogen) atoms. The van der Waals surface area contributed by atoms with E-state index in [1.54, 1.807) is 0 Å². The summed E-state index contributed by atoms with van der Waals surface area (Å²) in [4.78, 5) is 4.71. The Balaban J connectivity index is 2.39. The number of benzene rings is 1. The molecule has 1 aromatic carbocycles. The van der Waals surface area contributed by atoms with Crippen molar-refractivity contribution in [3.05, 3.63) is 41.1 Å². The highest BCUT2D eigenvalue weighted by molar-refractivity contribution is 5.13. The Labute approximate surface area is 65.7 Å². The molecular weight excluding hydrogens is 142 g/mol. The quantitative estimate of drug-likeness (QED) is 0.616. The Hall–Kier alpha value is -0.900. The number of nitrogens with zero attached hydrogens (tertiary/aromatic N) is 1. The maximum atomic E-state index is 10.3. The largest absolute Gasteiger partial charge is 0.762 e. The molecule has 60 valence electrons. The molecule has 0 bridgehead atoms. The Morgan fingerprint density at radius 3 is 2.55 bits per heavy atom. The summed E-state index contributed by atoms with van der Waals surface area (Å²) in [6, 6.07) is 9.55. The van der Waals surface area contributed by atoms with E-state index >= 15 is 0 Å². The van der Waals surface area contributed by atoms with Gasteiger partial charge in [0, 0.05) is 0 Å². The molecule has 0 spiro atoms. The average molecular weight is 152 g/mol. The Morgan fingerprint density at radius 2 is 2.00 bits per heavy atom. The number of hydrogen-bond acceptors (Lipinski definition) is 3. The van der Waals surface area contributed by atoms with Crippen LogP contribution in [0.25, 0.3) is 0 Å². The van der Waals surface area contributed by atoms with Crippen LogP contribution in [-0.4, -0.2) is 12.3 Å². The van der Waals surface area contributed by atoms with Crippen LogP contribution in [-0.2, 0) is 11.4 Å². The highest BCUT2D eigenvalue weighted by Crippen LogP contribution is 2.00. The molecule has 0 N–H and O–H groups in total. The van der Waals surface area contributed by atoms with Gasteiger partial charge in [0.15, 0.2) is 0 Å². The van der Waals surface area contributed by atoms with Crippen LogP contribution in [0.2, 0.25) is 0 Å². The van der Waals surface area contributed by atoms with Crippen molar-refractivity contribution in [1.82, 2.24) is 5.23 Å². The fourth-order valence-electron chi connectivity index (χ4n) is 0.740. The van der Waals surface area contributed by atoms with E-state index in [0.29, 0.717) is 11.8 Å². The molecule has 1 aromatic rings. The van der Waals surface area contributed by atoms with Gasteiger partial charge in [0.05, 0.1) is 6.61 Å². The van der Waals surface area contributed by atoms with E-state index in [-0.39, 0.29) is 0 Å². The zero-order chi connectivity index (χ0) is 8.10. The van der Waals surface area contributed by atoms with E-state index in [0.717, 1.165) is 5.56 Å². The van der Waals surface area contributed by atoms with Gasteiger partial charge < -0.3 is 10.0 Å². The van der Waals surface area contributed by atoms with Crippen molar-refractivity contribution in [2.75, 3.05) is 7.05 Å². The minimum absolute atomic E-state index is 0.334. The van der Waals surface area contributed by atoms with Crippen LogP contribution in [0.5, 0.6) is 0 Å². The monoisotopic (exact) mass is 152 g/mol. The SMILES string of the molecule is CN([O-])OCc1ccccc1. The maximum Gasteiger partial charge on any atom is 0.0923 e. The van der Waals surface area contributed by atoms with Gasteiger partial charge in [-0.15, -0.1) is 0 Å². The summed E-state index contributed by atoms with van der Waals surface area (Å²) in [7, 11) is 1.32. The second kappa shape index (κ2) is 4.08. The normalized spacial score (nSPS) is 10.5. The lowest BCUT2D eigenvalue weighted by molar-refractivity contribution is -0.112. The minimum Gasteiger partial charge on any atom is -0.762 e. The van der Waals surface area contributed by atoms with Gasteiger partial charge >= 0.3 is 0 Å². The van der Waals surface area contributed by atoms with Crippen molar-refractivity contribution in [2.45, 2.75) is 6.61 Å². The first-order valence-corrected chi connectivity index (χ1v) is 3.37. The van der Waals surface area contributed by atoms with Crippen molar-refractivity contribution < 1.29 is 4.84 Å². The van der Waals surface area contributed by atoms with Crippen molar-refractivity contribution in [3.63, 3.8) is 0 Å². The smallest absolute Gasteiger partial charge is 0.0923 e. The van der Waals surface area contributed by atoms with Crippen LogP contribution in [0.1, 0.15) is 5.56 Å². The second-order valence-electron chi connectivity index (χ2n) is 2.20. The van der Waals surface area contributed by atoms with Crippen LogP contribution in [0.4, 0.5) is 0 Å². The molecule has 0 amide bonds. The summed E-state index contributed by atoms with van der Waals surface area (Å²) in [5.41, 5.74) is 0.996. The summed E-state index contributed by atoms with van der Waals surface area (Å²) in [5, 5.41) is 10.8. The van der Waals surface area contributed by atoms with E-state index in [4.69, 9.17) is 4.84 Å². The van der Waals surface area contributed by atoms with Gasteiger partial charge in [-0.25, -0.2) is 0 Å². The fourth-order valence-corrected chi connectivity index (χ4v) is 0.740. The van der Waals surface area contributed by atoms with Crippen molar-refractivity contribution in [1.29, 1.82) is 0 Å². The first kappa shape index (κ1) is 8.20. The van der Waals surface area contributed by atoms with E-state index in [1.165, 1.54) is 7.05 Å². The molecule has 0 saturated carbocycles. The van der Waals surface area contributed by atoms with Gasteiger partial charge in [0.2, 0.25) is 0 Å². The molecule has 0 radical (unpaired) electrons. The maximum absolute atomic E-state index is 10.3. The first-order chi connectivity index (χ1) is 5.29. The van der Waals surface area contributed by atoms with E-state index in [2.05, 4.69) is 0 Å². The highest BCUT2D eigenvalue weighted by atomic mass is 16.9. The van der Waals surface area contributed by atoms with E-state index in [9.17, 15) is 5.21 Å². The van der Waals surface area contributed by atoms with Crippen molar-refractivity contribution in [2.24, 2.45) is 0 Å². The Kier molecular flexibility index (Phi) is 3.04. The van der Waals surface area contributed by atoms with E-state index < -0.39 is 0 Å². The molecule has 0 unspecified atom stereocenters. The van der Waals surface area contributed by atoms with Crippen LogP contribution in [0.15, 0.2) is 30.3 Å². The third kappa shape index (κ3) is 3.13. The fraction of sp³-hybridized carbons (Fsp3) is 0.250. The van der Waals surface area contributed by atoms with Crippen molar-refractivity contribution in [3.8, 4) is 0 Å². The molecule has 0 saturated heterocycles. The lowest BCUT2D eigenvalue weighted by atomic mass is 10.2. The number of hydrogen-bond donors (Lipinski definition) is 0. The molecule has 0 aliphatic heterocycles. The standard InChI is InChI=1S/C8H10NO2/c1-9(10)11-7-8-5-3-2-4-6-8/h2-6H,7H2,1H3/q-1. The predicted octanol–water partition coefficient (Wildman–Crippen LogP) is 1.55. The van der Waals surface area contributed by atoms with E-state index in [1.807, 2.05) is 30.3 Å². The van der Waals surface area contributed by atoms with Crippen LogP contribution in [0.3, 0.4) is 0 Å². The summed E-state index contributed by atoms with van der Waals surface area (Å²) in [5.74, 6) is 0. The lowest BCUT2D eigenvalue weighted by Crippen LogP contribution is -2.09. The van der Waals surface area contributed by atoms with Crippen LogP contribution < -0.4 is 0 Å². The first-order valence-electron chi connectivity index (χ1n) is 3.37. The van der Waals surface area contributed by atoms with Gasteiger partial charge in [-0.1, -0.05) is 30.3 Å². The molecule has 0 atom stereocenters. The molecule has 1 rings (SSSR count). The molecular formula is C8H10NO2-. The highest BCUT2D eigenvalue weighted by Gasteiger charge is 1.88. The average Bonchev–Trinajstić information content (AvgIpc) is 2.03. The Bertz CT molecular complexity index is 199. The summed E-state index contributed by atoms with van der Waals surface area (Å²) in [6.07, 6.45) is 0. The Morgan fingerprint density at radius 1 is 1.36 bits per heavy atom. The summed E-state index contributed by atoms with van der Waals surface area (Å²) >= 11 is 0. The third-order valence-corrected chi connectivity index (χ3v) is 1.26. The van der Waals surface area contributed by atoms with Crippen LogP contribution >= 0.6 is 0 Å². The van der Waals surface area contributed by atoms with Gasteiger partial charge in [-0.05, 0) is 12.6 Å².